The number of alkyl halides is 2. The van der Waals surface area contributed by atoms with Crippen molar-refractivity contribution in [3.63, 3.8) is 0 Å². The Hall–Kier alpha value is -0.700. The second kappa shape index (κ2) is 6.14. The van der Waals surface area contributed by atoms with Crippen LogP contribution in [0.4, 0.5) is 8.78 Å². The van der Waals surface area contributed by atoms with Gasteiger partial charge in [-0.15, -0.1) is 0 Å². The first kappa shape index (κ1) is 13.4. The van der Waals surface area contributed by atoms with Crippen LogP contribution >= 0.6 is 22.6 Å². The van der Waals surface area contributed by atoms with Gasteiger partial charge in [0.15, 0.2) is 0 Å². The zero-order valence-electron chi connectivity index (χ0n) is 8.20. The van der Waals surface area contributed by atoms with E-state index in [1.807, 2.05) is 22.6 Å². The highest BCUT2D eigenvalue weighted by Crippen LogP contribution is 2.11. The largest absolute Gasteiger partial charge is 0.477 e. The number of hydrogen-bond donors (Lipinski definition) is 1. The maximum Gasteiger partial charge on any atom is 0.352 e. The van der Waals surface area contributed by atoms with Gasteiger partial charge < -0.3 is 14.4 Å². The van der Waals surface area contributed by atoms with Crippen molar-refractivity contribution >= 4 is 28.6 Å². The smallest absolute Gasteiger partial charge is 0.352 e. The summed E-state index contributed by atoms with van der Waals surface area (Å²) in [5.74, 6) is -1.04. The molecule has 0 radical (unpaired) electrons. The molecule has 0 bridgehead atoms. The lowest BCUT2D eigenvalue weighted by molar-refractivity contribution is 0.0144. The Morgan fingerprint density at radius 1 is 1.62 bits per heavy atom. The summed E-state index contributed by atoms with van der Waals surface area (Å²) in [4.78, 5) is 10.8. The van der Waals surface area contributed by atoms with E-state index in [1.54, 1.807) is 6.20 Å². The fourth-order valence-corrected chi connectivity index (χ4v) is 1.81. The normalized spacial score (nSPS) is 11.0. The fourth-order valence-electron chi connectivity index (χ4n) is 1.17. The van der Waals surface area contributed by atoms with Crippen LogP contribution in [0.2, 0.25) is 0 Å². The third-order valence-corrected chi connectivity index (χ3v) is 2.39. The Morgan fingerprint density at radius 3 is 2.88 bits per heavy atom. The predicted octanol–water partition coefficient (Wildman–Crippen LogP) is 2.07. The summed E-state index contributed by atoms with van der Waals surface area (Å²) in [5.41, 5.74) is 0.130. The van der Waals surface area contributed by atoms with Gasteiger partial charge in [0.05, 0.1) is 6.61 Å². The summed E-state index contributed by atoms with van der Waals surface area (Å²) in [6, 6.07) is 1.51. The van der Waals surface area contributed by atoms with Crippen LogP contribution in [0.15, 0.2) is 12.3 Å². The van der Waals surface area contributed by atoms with Crippen molar-refractivity contribution in [3.05, 3.63) is 21.5 Å². The number of hydrogen-bond acceptors (Lipinski definition) is 2. The van der Waals surface area contributed by atoms with Gasteiger partial charge in [0.25, 0.3) is 6.43 Å². The summed E-state index contributed by atoms with van der Waals surface area (Å²) < 4.78 is 30.4. The number of carboxylic acid groups (broad SMARTS) is 1. The molecule has 1 N–H and O–H groups in total. The van der Waals surface area contributed by atoms with Gasteiger partial charge >= 0.3 is 5.97 Å². The molecular weight excluding hydrogens is 335 g/mol. The van der Waals surface area contributed by atoms with Crippen LogP contribution < -0.4 is 0 Å². The first-order chi connectivity index (χ1) is 7.50. The summed E-state index contributed by atoms with van der Waals surface area (Å²) >= 11 is 1.99. The molecule has 0 aromatic carbocycles. The molecule has 0 fully saturated rings. The first-order valence-electron chi connectivity index (χ1n) is 4.45. The minimum Gasteiger partial charge on any atom is -0.477 e. The summed E-state index contributed by atoms with van der Waals surface area (Å²) in [6.07, 6.45) is -0.862. The van der Waals surface area contributed by atoms with Gasteiger partial charge in [-0.2, -0.15) is 0 Å². The molecular formula is C9H10F2INO3. The molecule has 0 aliphatic carbocycles. The number of nitrogens with zero attached hydrogens (tertiary/aromatic N) is 1. The fraction of sp³-hybridized carbons (Fsp3) is 0.444. The molecule has 1 heterocycles. The quantitative estimate of drug-likeness (QED) is 0.635. The Bertz CT molecular complexity index is 368. The third-order valence-electron chi connectivity index (χ3n) is 1.80. The highest BCUT2D eigenvalue weighted by atomic mass is 127. The summed E-state index contributed by atoms with van der Waals surface area (Å²) in [7, 11) is 0. The summed E-state index contributed by atoms with van der Waals surface area (Å²) in [6.45, 7) is -0.312. The van der Waals surface area contributed by atoms with E-state index in [4.69, 9.17) is 5.11 Å². The van der Waals surface area contributed by atoms with Crippen LogP contribution in [0.5, 0.6) is 0 Å². The molecule has 4 nitrogen and oxygen atoms in total. The van der Waals surface area contributed by atoms with E-state index < -0.39 is 19.0 Å². The van der Waals surface area contributed by atoms with Crippen molar-refractivity contribution in [2.45, 2.75) is 13.0 Å². The Labute approximate surface area is 104 Å². The lowest BCUT2D eigenvalue weighted by atomic mass is 10.4. The SMILES string of the molecule is O=C(O)c1cc(I)cn1CCOCC(F)F. The molecule has 0 unspecified atom stereocenters. The lowest BCUT2D eigenvalue weighted by Crippen LogP contribution is -2.13. The van der Waals surface area contributed by atoms with E-state index in [9.17, 15) is 13.6 Å². The van der Waals surface area contributed by atoms with Crippen molar-refractivity contribution in [2.24, 2.45) is 0 Å². The third kappa shape index (κ3) is 4.05. The van der Waals surface area contributed by atoms with Crippen LogP contribution in [0.25, 0.3) is 0 Å². The van der Waals surface area contributed by atoms with E-state index in [1.165, 1.54) is 10.6 Å². The summed E-state index contributed by atoms with van der Waals surface area (Å²) in [5, 5.41) is 8.84. The number of aromatic carboxylic acids is 1. The van der Waals surface area contributed by atoms with E-state index >= 15 is 0 Å². The second-order valence-corrected chi connectivity index (χ2v) is 4.25. The number of ether oxygens (including phenoxy) is 1. The highest BCUT2D eigenvalue weighted by Gasteiger charge is 2.11. The van der Waals surface area contributed by atoms with E-state index in [-0.39, 0.29) is 18.8 Å². The molecule has 0 spiro atoms. The van der Waals surface area contributed by atoms with Gasteiger partial charge in [-0.25, -0.2) is 13.6 Å². The monoisotopic (exact) mass is 345 g/mol. The van der Waals surface area contributed by atoms with Gasteiger partial charge in [0.1, 0.15) is 12.3 Å². The zero-order chi connectivity index (χ0) is 12.1. The van der Waals surface area contributed by atoms with Gasteiger partial charge in [0, 0.05) is 16.3 Å². The van der Waals surface area contributed by atoms with Crippen molar-refractivity contribution in [1.29, 1.82) is 0 Å². The average molecular weight is 345 g/mol. The zero-order valence-corrected chi connectivity index (χ0v) is 10.4. The number of aromatic nitrogens is 1. The van der Waals surface area contributed by atoms with Crippen molar-refractivity contribution in [1.82, 2.24) is 4.57 Å². The minimum absolute atomic E-state index is 0.0649. The predicted molar refractivity (Wildman–Crippen MR) is 60.9 cm³/mol. The van der Waals surface area contributed by atoms with Crippen molar-refractivity contribution in [2.75, 3.05) is 13.2 Å². The van der Waals surface area contributed by atoms with Crippen LogP contribution in [0.3, 0.4) is 0 Å². The maximum atomic E-state index is 11.7. The second-order valence-electron chi connectivity index (χ2n) is 3.01. The molecule has 16 heavy (non-hydrogen) atoms. The van der Waals surface area contributed by atoms with Crippen molar-refractivity contribution < 1.29 is 23.4 Å². The highest BCUT2D eigenvalue weighted by molar-refractivity contribution is 14.1. The Morgan fingerprint density at radius 2 is 2.31 bits per heavy atom. The molecule has 1 aromatic heterocycles. The minimum atomic E-state index is -2.50. The van der Waals surface area contributed by atoms with Crippen molar-refractivity contribution in [3.8, 4) is 0 Å². The molecule has 1 rings (SSSR count). The maximum absolute atomic E-state index is 11.7. The number of carbonyl (C=O) groups is 1. The van der Waals surface area contributed by atoms with Crippen LogP contribution in [-0.2, 0) is 11.3 Å². The van der Waals surface area contributed by atoms with Gasteiger partial charge in [0.2, 0.25) is 0 Å². The van der Waals surface area contributed by atoms with E-state index in [0.29, 0.717) is 0 Å². The van der Waals surface area contributed by atoms with E-state index in [0.717, 1.165) is 3.57 Å². The first-order valence-corrected chi connectivity index (χ1v) is 5.53. The molecule has 0 saturated heterocycles. The molecule has 0 saturated carbocycles. The molecule has 0 aliphatic rings. The van der Waals surface area contributed by atoms with Crippen LogP contribution in [0, 0.1) is 3.57 Å². The van der Waals surface area contributed by atoms with Gasteiger partial charge in [-0.1, -0.05) is 0 Å². The topological polar surface area (TPSA) is 51.5 Å². The van der Waals surface area contributed by atoms with E-state index in [2.05, 4.69) is 4.74 Å². The van der Waals surface area contributed by atoms with Gasteiger partial charge in [-0.05, 0) is 28.7 Å². The number of rotatable bonds is 6. The Kier molecular flexibility index (Phi) is 5.13. The average Bonchev–Trinajstić information content (AvgIpc) is 2.54. The lowest BCUT2D eigenvalue weighted by Gasteiger charge is -2.06. The molecule has 7 heteroatoms. The molecule has 1 aromatic rings. The number of halogens is 3. The van der Waals surface area contributed by atoms with Crippen LogP contribution in [-0.4, -0.2) is 35.3 Å². The standard InChI is InChI=1S/C9H10F2INO3/c10-8(11)5-16-2-1-13-4-6(12)3-7(13)9(14)15/h3-4,8H,1-2,5H2,(H,14,15). The van der Waals surface area contributed by atoms with Gasteiger partial charge in [-0.3, -0.25) is 0 Å². The Balaban J connectivity index is 2.50. The molecule has 0 atom stereocenters. The number of carboxylic acids is 1. The molecule has 0 aliphatic heterocycles. The van der Waals surface area contributed by atoms with Crippen LogP contribution in [0.1, 0.15) is 10.5 Å². The molecule has 90 valence electrons. The molecule has 0 amide bonds.